The first-order valence-corrected chi connectivity index (χ1v) is 4.96. The fraction of sp³-hybridized carbons (Fsp3) is 0. The molecule has 0 atom stereocenters. The highest BCUT2D eigenvalue weighted by atomic mass is 35.5. The minimum absolute atomic E-state index is 0.399. The number of aromatic nitrogens is 2. The van der Waals surface area contributed by atoms with Gasteiger partial charge in [0.25, 0.3) is 0 Å². The van der Waals surface area contributed by atoms with Crippen LogP contribution in [0, 0.1) is 0 Å². The standard InChI is InChI=1S/C10H7Cl2N3/c11-7-3-1-2-6(10(7)12)8-4-9(13)15-5-14-8/h1-5H,(H2,13,14,15). The van der Waals surface area contributed by atoms with Crippen molar-refractivity contribution in [2.45, 2.75) is 0 Å². The lowest BCUT2D eigenvalue weighted by Crippen LogP contribution is -1.93. The molecule has 1 heterocycles. The van der Waals surface area contributed by atoms with Gasteiger partial charge in [0.2, 0.25) is 0 Å². The Kier molecular flexibility index (Phi) is 2.75. The predicted molar refractivity (Wildman–Crippen MR) is 61.9 cm³/mol. The van der Waals surface area contributed by atoms with E-state index in [1.807, 2.05) is 12.1 Å². The first-order valence-electron chi connectivity index (χ1n) is 4.20. The fourth-order valence-electron chi connectivity index (χ4n) is 1.22. The molecule has 1 aromatic heterocycles. The number of nitrogens with zero attached hydrogens (tertiary/aromatic N) is 2. The van der Waals surface area contributed by atoms with E-state index in [9.17, 15) is 0 Å². The molecule has 76 valence electrons. The van der Waals surface area contributed by atoms with Crippen LogP contribution in [0.3, 0.4) is 0 Å². The van der Waals surface area contributed by atoms with Gasteiger partial charge in [-0.25, -0.2) is 9.97 Å². The van der Waals surface area contributed by atoms with Crippen LogP contribution in [0.4, 0.5) is 5.82 Å². The van der Waals surface area contributed by atoms with Crippen LogP contribution in [0.5, 0.6) is 0 Å². The molecule has 0 unspecified atom stereocenters. The van der Waals surface area contributed by atoms with Crippen molar-refractivity contribution in [2.75, 3.05) is 5.73 Å². The highest BCUT2D eigenvalue weighted by Gasteiger charge is 2.07. The van der Waals surface area contributed by atoms with Crippen molar-refractivity contribution >= 4 is 29.0 Å². The molecule has 2 N–H and O–H groups in total. The third-order valence-corrected chi connectivity index (χ3v) is 2.73. The van der Waals surface area contributed by atoms with Crippen LogP contribution >= 0.6 is 23.2 Å². The fourth-order valence-corrected chi connectivity index (χ4v) is 1.62. The van der Waals surface area contributed by atoms with E-state index in [0.717, 1.165) is 5.56 Å². The van der Waals surface area contributed by atoms with Gasteiger partial charge in [-0.1, -0.05) is 35.3 Å². The van der Waals surface area contributed by atoms with Crippen LogP contribution in [0.1, 0.15) is 0 Å². The van der Waals surface area contributed by atoms with Gasteiger partial charge in [0, 0.05) is 11.6 Å². The molecule has 1 aromatic carbocycles. The van der Waals surface area contributed by atoms with E-state index in [2.05, 4.69) is 9.97 Å². The van der Waals surface area contributed by atoms with Gasteiger partial charge in [0.05, 0.1) is 15.7 Å². The maximum Gasteiger partial charge on any atom is 0.127 e. The molecular formula is C10H7Cl2N3. The zero-order valence-electron chi connectivity index (χ0n) is 7.61. The Morgan fingerprint density at radius 3 is 2.67 bits per heavy atom. The topological polar surface area (TPSA) is 51.8 Å². The van der Waals surface area contributed by atoms with E-state index < -0.39 is 0 Å². The Hall–Kier alpha value is -1.32. The lowest BCUT2D eigenvalue weighted by atomic mass is 10.1. The van der Waals surface area contributed by atoms with E-state index in [1.54, 1.807) is 12.1 Å². The number of anilines is 1. The molecule has 0 saturated carbocycles. The van der Waals surface area contributed by atoms with Crippen molar-refractivity contribution in [3.05, 3.63) is 40.6 Å². The van der Waals surface area contributed by atoms with Gasteiger partial charge in [0.15, 0.2) is 0 Å². The summed E-state index contributed by atoms with van der Waals surface area (Å²) in [6.07, 6.45) is 1.39. The summed E-state index contributed by atoms with van der Waals surface area (Å²) >= 11 is 11.9. The Labute approximate surface area is 96.9 Å². The van der Waals surface area contributed by atoms with Crippen LogP contribution in [-0.2, 0) is 0 Å². The summed E-state index contributed by atoms with van der Waals surface area (Å²) in [7, 11) is 0. The molecule has 0 spiro atoms. The number of nitrogens with two attached hydrogens (primary N) is 1. The average molecular weight is 240 g/mol. The summed E-state index contributed by atoms with van der Waals surface area (Å²) in [6.45, 7) is 0. The molecule has 0 bridgehead atoms. The quantitative estimate of drug-likeness (QED) is 0.833. The van der Waals surface area contributed by atoms with Crippen molar-refractivity contribution in [1.29, 1.82) is 0 Å². The molecule has 0 aliphatic rings. The second-order valence-electron chi connectivity index (χ2n) is 2.93. The van der Waals surface area contributed by atoms with Gasteiger partial charge in [-0.2, -0.15) is 0 Å². The minimum Gasteiger partial charge on any atom is -0.384 e. The minimum atomic E-state index is 0.399. The van der Waals surface area contributed by atoms with Crippen molar-refractivity contribution < 1.29 is 0 Å². The van der Waals surface area contributed by atoms with Crippen LogP contribution < -0.4 is 5.73 Å². The molecule has 0 amide bonds. The summed E-state index contributed by atoms with van der Waals surface area (Å²) in [4.78, 5) is 7.89. The van der Waals surface area contributed by atoms with E-state index in [-0.39, 0.29) is 0 Å². The summed E-state index contributed by atoms with van der Waals surface area (Å²) < 4.78 is 0. The lowest BCUT2D eigenvalue weighted by molar-refractivity contribution is 1.18. The monoisotopic (exact) mass is 239 g/mol. The molecule has 2 aromatic rings. The summed E-state index contributed by atoms with van der Waals surface area (Å²) in [5.74, 6) is 0.399. The van der Waals surface area contributed by atoms with E-state index in [0.29, 0.717) is 21.6 Å². The largest absolute Gasteiger partial charge is 0.384 e. The number of halogens is 2. The highest BCUT2D eigenvalue weighted by Crippen LogP contribution is 2.32. The Morgan fingerprint density at radius 2 is 1.93 bits per heavy atom. The van der Waals surface area contributed by atoms with Crippen molar-refractivity contribution in [2.24, 2.45) is 0 Å². The van der Waals surface area contributed by atoms with Gasteiger partial charge in [-0.3, -0.25) is 0 Å². The number of benzene rings is 1. The molecular weight excluding hydrogens is 233 g/mol. The summed E-state index contributed by atoms with van der Waals surface area (Å²) in [5, 5.41) is 0.962. The van der Waals surface area contributed by atoms with Gasteiger partial charge in [-0.15, -0.1) is 0 Å². The van der Waals surface area contributed by atoms with Gasteiger partial charge in [-0.05, 0) is 6.07 Å². The lowest BCUT2D eigenvalue weighted by Gasteiger charge is -2.04. The molecule has 0 aliphatic heterocycles. The molecule has 0 saturated heterocycles. The zero-order valence-corrected chi connectivity index (χ0v) is 9.13. The molecule has 15 heavy (non-hydrogen) atoms. The molecule has 0 fully saturated rings. The average Bonchev–Trinajstić information content (AvgIpc) is 2.22. The van der Waals surface area contributed by atoms with Crippen LogP contribution in [0.15, 0.2) is 30.6 Å². The Morgan fingerprint density at radius 1 is 1.13 bits per heavy atom. The van der Waals surface area contributed by atoms with Crippen LogP contribution in [-0.4, -0.2) is 9.97 Å². The molecule has 0 radical (unpaired) electrons. The van der Waals surface area contributed by atoms with Crippen molar-refractivity contribution in [3.8, 4) is 11.3 Å². The first-order chi connectivity index (χ1) is 7.18. The number of rotatable bonds is 1. The summed E-state index contributed by atoms with van der Waals surface area (Å²) in [6, 6.07) is 7.01. The molecule has 5 heteroatoms. The third-order valence-electron chi connectivity index (χ3n) is 1.92. The Balaban J connectivity index is 2.59. The normalized spacial score (nSPS) is 10.3. The van der Waals surface area contributed by atoms with Gasteiger partial charge < -0.3 is 5.73 Å². The SMILES string of the molecule is Nc1cc(-c2cccc(Cl)c2Cl)ncn1. The summed E-state index contributed by atoms with van der Waals surface area (Å²) in [5.41, 5.74) is 6.97. The van der Waals surface area contributed by atoms with E-state index in [4.69, 9.17) is 28.9 Å². The molecule has 0 aliphatic carbocycles. The van der Waals surface area contributed by atoms with E-state index >= 15 is 0 Å². The maximum atomic E-state index is 6.05. The van der Waals surface area contributed by atoms with Crippen LogP contribution in [0.2, 0.25) is 10.0 Å². The van der Waals surface area contributed by atoms with E-state index in [1.165, 1.54) is 6.33 Å². The zero-order chi connectivity index (χ0) is 10.8. The second kappa shape index (κ2) is 4.04. The first kappa shape index (κ1) is 10.2. The second-order valence-corrected chi connectivity index (χ2v) is 3.71. The highest BCUT2D eigenvalue weighted by molar-refractivity contribution is 6.43. The van der Waals surface area contributed by atoms with Crippen molar-refractivity contribution in [3.63, 3.8) is 0 Å². The van der Waals surface area contributed by atoms with Gasteiger partial charge >= 0.3 is 0 Å². The maximum absolute atomic E-state index is 6.05. The number of nitrogen functional groups attached to an aromatic ring is 1. The Bertz CT molecular complexity index is 500. The van der Waals surface area contributed by atoms with Crippen LogP contribution in [0.25, 0.3) is 11.3 Å². The molecule has 3 nitrogen and oxygen atoms in total. The van der Waals surface area contributed by atoms with Gasteiger partial charge in [0.1, 0.15) is 12.1 Å². The third kappa shape index (κ3) is 2.03. The van der Waals surface area contributed by atoms with Crippen molar-refractivity contribution in [1.82, 2.24) is 9.97 Å². The number of hydrogen-bond donors (Lipinski definition) is 1. The smallest absolute Gasteiger partial charge is 0.127 e. The number of hydrogen-bond acceptors (Lipinski definition) is 3. The predicted octanol–water partition coefficient (Wildman–Crippen LogP) is 3.03. The molecule has 2 rings (SSSR count).